The van der Waals surface area contributed by atoms with Crippen LogP contribution in [0, 0.1) is 17.0 Å². The lowest BCUT2D eigenvalue weighted by molar-refractivity contribution is -0.385. The first-order valence-electron chi connectivity index (χ1n) is 7.79. The summed E-state index contributed by atoms with van der Waals surface area (Å²) in [4.78, 5) is 13.6. The van der Waals surface area contributed by atoms with Gasteiger partial charge in [-0.05, 0) is 36.8 Å². The maximum absolute atomic E-state index is 11.0. The molecule has 0 spiro atoms. The van der Waals surface area contributed by atoms with Gasteiger partial charge in [0.15, 0.2) is 5.75 Å². The zero-order chi connectivity index (χ0) is 17.8. The van der Waals surface area contributed by atoms with Crippen molar-refractivity contribution in [3.63, 3.8) is 0 Å². The van der Waals surface area contributed by atoms with Gasteiger partial charge in [0.1, 0.15) is 25.1 Å². The van der Waals surface area contributed by atoms with E-state index in [0.29, 0.717) is 5.75 Å². The monoisotopic (exact) mass is 342 g/mol. The largest absolute Gasteiger partial charge is 0.490 e. The molecule has 0 aliphatic carbocycles. The van der Waals surface area contributed by atoms with Crippen LogP contribution in [0.5, 0.6) is 11.5 Å². The molecule has 0 saturated heterocycles. The van der Waals surface area contributed by atoms with E-state index in [4.69, 9.17) is 9.47 Å². The van der Waals surface area contributed by atoms with Crippen LogP contribution in [0.15, 0.2) is 48.7 Å². The molecule has 2 N–H and O–H groups in total. The first kappa shape index (κ1) is 16.8. The van der Waals surface area contributed by atoms with Gasteiger partial charge in [-0.3, -0.25) is 10.1 Å². The summed E-state index contributed by atoms with van der Waals surface area (Å²) in [7, 11) is 0. The highest BCUT2D eigenvalue weighted by Crippen LogP contribution is 2.28. The van der Waals surface area contributed by atoms with Crippen molar-refractivity contribution in [1.82, 2.24) is 4.98 Å². The van der Waals surface area contributed by atoms with Crippen LogP contribution in [0.25, 0.3) is 10.9 Å². The van der Waals surface area contributed by atoms with Crippen molar-refractivity contribution in [3.05, 3.63) is 64.3 Å². The molecular formula is C18H18N2O5. The van der Waals surface area contributed by atoms with Gasteiger partial charge in [0, 0.05) is 23.2 Å². The molecule has 2 aromatic carbocycles. The van der Waals surface area contributed by atoms with Crippen LogP contribution in [0.1, 0.15) is 5.56 Å². The molecule has 0 bridgehead atoms. The van der Waals surface area contributed by atoms with E-state index in [-0.39, 0.29) is 24.7 Å². The lowest BCUT2D eigenvalue weighted by atomic mass is 10.2. The summed E-state index contributed by atoms with van der Waals surface area (Å²) in [6.07, 6.45) is 0.891. The van der Waals surface area contributed by atoms with Crippen LogP contribution in [0.3, 0.4) is 0 Å². The van der Waals surface area contributed by atoms with Crippen LogP contribution in [0.4, 0.5) is 5.69 Å². The van der Waals surface area contributed by atoms with Gasteiger partial charge in [0.05, 0.1) is 4.92 Å². The molecule has 3 rings (SSSR count). The van der Waals surface area contributed by atoms with Gasteiger partial charge >= 0.3 is 5.69 Å². The van der Waals surface area contributed by atoms with E-state index in [2.05, 4.69) is 4.98 Å². The number of ether oxygens (including phenoxy) is 2. The average Bonchev–Trinajstić information content (AvgIpc) is 3.07. The normalized spacial score (nSPS) is 12.1. The van der Waals surface area contributed by atoms with Gasteiger partial charge in [0.2, 0.25) is 0 Å². The zero-order valence-corrected chi connectivity index (χ0v) is 13.6. The van der Waals surface area contributed by atoms with Crippen LogP contribution >= 0.6 is 0 Å². The number of aryl methyl sites for hydroxylation is 1. The summed E-state index contributed by atoms with van der Waals surface area (Å²) >= 11 is 0. The Balaban J connectivity index is 1.60. The fourth-order valence-corrected chi connectivity index (χ4v) is 2.49. The number of nitro groups is 1. The second-order valence-electron chi connectivity index (χ2n) is 5.70. The maximum atomic E-state index is 11.0. The predicted molar refractivity (Wildman–Crippen MR) is 93.1 cm³/mol. The molecule has 1 aromatic heterocycles. The first-order valence-corrected chi connectivity index (χ1v) is 7.79. The lowest BCUT2D eigenvalue weighted by Gasteiger charge is -2.14. The Morgan fingerprint density at radius 3 is 2.68 bits per heavy atom. The van der Waals surface area contributed by atoms with Crippen molar-refractivity contribution in [2.24, 2.45) is 0 Å². The summed E-state index contributed by atoms with van der Waals surface area (Å²) in [5.41, 5.74) is 1.65. The summed E-state index contributed by atoms with van der Waals surface area (Å²) in [6.45, 7) is 1.73. The molecule has 3 aromatic rings. The predicted octanol–water partition coefficient (Wildman–Crippen LogP) is 3.20. The van der Waals surface area contributed by atoms with Crippen molar-refractivity contribution in [3.8, 4) is 11.5 Å². The molecule has 7 nitrogen and oxygen atoms in total. The van der Waals surface area contributed by atoms with Crippen LogP contribution in [-0.4, -0.2) is 34.3 Å². The Hall–Kier alpha value is -3.06. The first-order chi connectivity index (χ1) is 12.0. The van der Waals surface area contributed by atoms with Crippen molar-refractivity contribution in [2.45, 2.75) is 13.0 Å². The van der Waals surface area contributed by atoms with Crippen molar-refractivity contribution in [2.75, 3.05) is 13.2 Å². The average molecular weight is 342 g/mol. The molecule has 0 amide bonds. The third-order valence-corrected chi connectivity index (χ3v) is 3.73. The fraction of sp³-hybridized carbons (Fsp3) is 0.222. The van der Waals surface area contributed by atoms with Gasteiger partial charge in [-0.1, -0.05) is 12.1 Å². The third kappa shape index (κ3) is 3.89. The topological polar surface area (TPSA) is 97.6 Å². The minimum Gasteiger partial charge on any atom is -0.490 e. The van der Waals surface area contributed by atoms with E-state index < -0.39 is 11.0 Å². The third-order valence-electron chi connectivity index (χ3n) is 3.73. The number of H-pyrrole nitrogens is 1. The molecule has 7 heteroatoms. The van der Waals surface area contributed by atoms with Gasteiger partial charge in [-0.2, -0.15) is 0 Å². The molecule has 1 heterocycles. The number of aromatic nitrogens is 1. The van der Waals surface area contributed by atoms with E-state index in [9.17, 15) is 15.2 Å². The molecule has 25 heavy (non-hydrogen) atoms. The summed E-state index contributed by atoms with van der Waals surface area (Å²) < 4.78 is 11.1. The summed E-state index contributed by atoms with van der Waals surface area (Å²) in [5, 5.41) is 22.0. The zero-order valence-electron chi connectivity index (χ0n) is 13.6. The van der Waals surface area contributed by atoms with E-state index in [1.165, 1.54) is 6.07 Å². The molecule has 0 aliphatic heterocycles. The highest BCUT2D eigenvalue weighted by Gasteiger charge is 2.17. The number of hydrogen-bond donors (Lipinski definition) is 2. The maximum Gasteiger partial charge on any atom is 0.310 e. The Labute approximate surface area is 144 Å². The van der Waals surface area contributed by atoms with Crippen molar-refractivity contribution < 1.29 is 19.5 Å². The SMILES string of the molecule is Cc1ccc([N+](=O)[O-])c(OCC(O)COc2cccc3[nH]ccc23)c1. The quantitative estimate of drug-likeness (QED) is 0.507. The summed E-state index contributed by atoms with van der Waals surface area (Å²) in [6, 6.07) is 12.1. The number of benzene rings is 2. The number of aliphatic hydroxyl groups is 1. The Morgan fingerprint density at radius 2 is 1.92 bits per heavy atom. The van der Waals surface area contributed by atoms with Gasteiger partial charge < -0.3 is 19.6 Å². The molecule has 1 unspecified atom stereocenters. The van der Waals surface area contributed by atoms with Crippen LogP contribution < -0.4 is 9.47 Å². The Kier molecular flexibility index (Phi) is 4.85. The second-order valence-corrected chi connectivity index (χ2v) is 5.70. The van der Waals surface area contributed by atoms with E-state index in [1.807, 2.05) is 37.4 Å². The fourth-order valence-electron chi connectivity index (χ4n) is 2.49. The molecule has 0 radical (unpaired) electrons. The minimum atomic E-state index is -0.922. The van der Waals surface area contributed by atoms with E-state index in [0.717, 1.165) is 16.5 Å². The Bertz CT molecular complexity index is 890. The molecule has 1 atom stereocenters. The molecule has 0 fully saturated rings. The number of aliphatic hydroxyl groups excluding tert-OH is 1. The number of fused-ring (bicyclic) bond motifs is 1. The lowest BCUT2D eigenvalue weighted by Crippen LogP contribution is -2.25. The van der Waals surface area contributed by atoms with Gasteiger partial charge in [-0.15, -0.1) is 0 Å². The molecule has 0 saturated carbocycles. The highest BCUT2D eigenvalue weighted by molar-refractivity contribution is 5.85. The summed E-state index contributed by atoms with van der Waals surface area (Å²) in [5.74, 6) is 0.788. The smallest absolute Gasteiger partial charge is 0.310 e. The molecular weight excluding hydrogens is 324 g/mol. The molecule has 130 valence electrons. The molecule has 0 aliphatic rings. The number of aromatic amines is 1. The Morgan fingerprint density at radius 1 is 1.16 bits per heavy atom. The van der Waals surface area contributed by atoms with E-state index >= 15 is 0 Å². The minimum absolute atomic E-state index is 0.0178. The number of hydrogen-bond acceptors (Lipinski definition) is 5. The van der Waals surface area contributed by atoms with Crippen molar-refractivity contribution >= 4 is 16.6 Å². The van der Waals surface area contributed by atoms with Crippen LogP contribution in [0.2, 0.25) is 0 Å². The van der Waals surface area contributed by atoms with Crippen LogP contribution in [-0.2, 0) is 0 Å². The van der Waals surface area contributed by atoms with Gasteiger partial charge in [0.25, 0.3) is 0 Å². The second kappa shape index (κ2) is 7.23. The number of nitrogens with one attached hydrogen (secondary N) is 1. The number of rotatable bonds is 7. The highest BCUT2D eigenvalue weighted by atomic mass is 16.6. The van der Waals surface area contributed by atoms with E-state index in [1.54, 1.807) is 12.1 Å². The number of nitrogens with zero attached hydrogens (tertiary/aromatic N) is 1. The van der Waals surface area contributed by atoms with Gasteiger partial charge in [-0.25, -0.2) is 0 Å². The number of nitro benzene ring substituents is 1. The van der Waals surface area contributed by atoms with Crippen molar-refractivity contribution in [1.29, 1.82) is 0 Å². The standard InChI is InChI=1S/C18H18N2O5/c1-12-5-6-16(20(22)23)18(9-12)25-11-13(21)10-24-17-4-2-3-15-14(17)7-8-19-15/h2-9,13,19,21H,10-11H2,1H3.